The molecule has 2 aromatic rings. The molecule has 0 aliphatic heterocycles. The van der Waals surface area contributed by atoms with Crippen LogP contribution in [0.2, 0.25) is 0 Å². The number of aromatic nitrogens is 1. The summed E-state index contributed by atoms with van der Waals surface area (Å²) in [4.78, 5) is 21.7. The molecule has 2 rings (SSSR count). The van der Waals surface area contributed by atoms with E-state index in [-0.39, 0.29) is 23.6 Å². The molecule has 0 saturated heterocycles. The Balaban J connectivity index is 2.51. The van der Waals surface area contributed by atoms with E-state index in [0.29, 0.717) is 10.8 Å². The summed E-state index contributed by atoms with van der Waals surface area (Å²) < 4.78 is 32.7. The Labute approximate surface area is 128 Å². The van der Waals surface area contributed by atoms with Crippen molar-refractivity contribution < 1.29 is 28.4 Å². The van der Waals surface area contributed by atoms with E-state index in [1.54, 1.807) is 0 Å². The van der Waals surface area contributed by atoms with Crippen LogP contribution >= 0.6 is 24.3 Å². The predicted octanol–water partition coefficient (Wildman–Crippen LogP) is 2.71. The van der Waals surface area contributed by atoms with Crippen LogP contribution in [0.25, 0.3) is 10.8 Å². The van der Waals surface area contributed by atoms with Crippen molar-refractivity contribution in [1.82, 2.24) is 4.98 Å². The largest absolute Gasteiger partial charge is 0.475 e. The number of hydrogen-bond acceptors (Lipinski definition) is 5. The van der Waals surface area contributed by atoms with Crippen molar-refractivity contribution in [2.75, 3.05) is 13.2 Å². The quantitative estimate of drug-likeness (QED) is 0.693. The highest BCUT2D eigenvalue weighted by atomic mass is 79.9. The van der Waals surface area contributed by atoms with Crippen LogP contribution in [0.1, 0.15) is 5.56 Å². The second-order valence-corrected chi connectivity index (χ2v) is 6.10. The van der Waals surface area contributed by atoms with Crippen LogP contribution in [0.4, 0.5) is 8.78 Å². The van der Waals surface area contributed by atoms with Gasteiger partial charge in [-0.3, -0.25) is 0 Å². The summed E-state index contributed by atoms with van der Waals surface area (Å²) in [5.74, 6) is 0.184. The molecule has 0 aliphatic rings. The number of alkyl halides is 2. The van der Waals surface area contributed by atoms with Gasteiger partial charge >= 0.3 is 5.66 Å². The first-order chi connectivity index (χ1) is 9.86. The molecule has 0 fully saturated rings. The molecule has 9 heteroatoms. The number of ether oxygens (including phenoxy) is 1. The molecule has 0 spiro atoms. The van der Waals surface area contributed by atoms with Gasteiger partial charge in [0.25, 0.3) is 0 Å². The van der Waals surface area contributed by atoms with E-state index in [1.165, 1.54) is 18.3 Å². The minimum absolute atomic E-state index is 0.0383. The van der Waals surface area contributed by atoms with Gasteiger partial charge in [0.1, 0.15) is 6.61 Å². The minimum atomic E-state index is -3.75. The lowest BCUT2D eigenvalue weighted by Crippen LogP contribution is -2.11. The summed E-state index contributed by atoms with van der Waals surface area (Å²) in [7, 11) is -3.45. The number of pyridine rings is 1. The van der Waals surface area contributed by atoms with Crippen LogP contribution in [0, 0.1) is 0 Å². The zero-order chi connectivity index (χ0) is 15.6. The molecule has 3 N–H and O–H groups in total. The lowest BCUT2D eigenvalue weighted by Gasteiger charge is -2.19. The maximum absolute atomic E-state index is 13.8. The Bertz CT molecular complexity index is 656. The summed E-state index contributed by atoms with van der Waals surface area (Å²) >= 11 is 3.00. The lowest BCUT2D eigenvalue weighted by atomic mass is 10.1. The third-order valence-electron chi connectivity index (χ3n) is 2.70. The summed E-state index contributed by atoms with van der Waals surface area (Å²) in [5.41, 5.74) is -4.27. The van der Waals surface area contributed by atoms with E-state index in [0.717, 1.165) is 6.07 Å². The maximum Gasteiger partial charge on any atom is 0.340 e. The fourth-order valence-corrected chi connectivity index (χ4v) is 2.88. The second kappa shape index (κ2) is 6.46. The van der Waals surface area contributed by atoms with E-state index in [1.807, 2.05) is 0 Å². The lowest BCUT2D eigenvalue weighted by molar-refractivity contribution is 0.0726. The van der Waals surface area contributed by atoms with Crippen molar-refractivity contribution in [3.8, 4) is 5.88 Å². The molecule has 0 unspecified atom stereocenters. The van der Waals surface area contributed by atoms with E-state index < -0.39 is 19.6 Å². The van der Waals surface area contributed by atoms with Gasteiger partial charge in [-0.15, -0.1) is 0 Å². The van der Waals surface area contributed by atoms with Gasteiger partial charge in [-0.2, -0.15) is 8.78 Å². The molecule has 0 atom stereocenters. The summed E-state index contributed by atoms with van der Waals surface area (Å²) in [6, 6.07) is 4.00. The first-order valence-electron chi connectivity index (χ1n) is 5.75. The molecule has 1 aromatic heterocycles. The molecule has 5 nitrogen and oxygen atoms in total. The number of aliphatic hydroxyl groups is 1. The van der Waals surface area contributed by atoms with Crippen molar-refractivity contribution in [3.63, 3.8) is 0 Å². The normalized spacial score (nSPS) is 12.1. The summed E-state index contributed by atoms with van der Waals surface area (Å²) in [6.07, 6.45) is 1.44. The van der Waals surface area contributed by atoms with E-state index in [4.69, 9.17) is 19.6 Å². The Morgan fingerprint density at radius 1 is 1.24 bits per heavy atom. The van der Waals surface area contributed by atoms with Gasteiger partial charge in [0.2, 0.25) is 14.3 Å². The van der Waals surface area contributed by atoms with Gasteiger partial charge in [0, 0.05) is 27.7 Å². The molecule has 1 aromatic carbocycles. The summed E-state index contributed by atoms with van der Waals surface area (Å²) in [5, 5.41) is 9.67. The highest BCUT2D eigenvalue weighted by Gasteiger charge is 2.42. The van der Waals surface area contributed by atoms with Crippen LogP contribution in [-0.4, -0.2) is 33.1 Å². The van der Waals surface area contributed by atoms with Crippen LogP contribution in [0.3, 0.4) is 0 Å². The summed E-state index contributed by atoms with van der Waals surface area (Å²) in [6.45, 7) is -0.153. The van der Waals surface area contributed by atoms with Crippen LogP contribution in [-0.2, 0) is 5.66 Å². The van der Waals surface area contributed by atoms with Crippen LogP contribution in [0.5, 0.6) is 5.88 Å². The van der Waals surface area contributed by atoms with Crippen molar-refractivity contribution in [1.29, 1.82) is 0 Å². The SMILES string of the molecule is OCCOc1cc2cc(C(F)(F)P(O)O)c(Br)cc2cn1. The van der Waals surface area contributed by atoms with Gasteiger partial charge in [-0.05, 0) is 17.5 Å². The first-order valence-corrected chi connectivity index (χ1v) is 7.79. The van der Waals surface area contributed by atoms with Gasteiger partial charge < -0.3 is 19.6 Å². The molecular weight excluding hydrogens is 371 g/mol. The number of aliphatic hydroxyl groups excluding tert-OH is 1. The Morgan fingerprint density at radius 2 is 1.95 bits per heavy atom. The standard InChI is InChI=1S/C12H11BrF2NO4P/c13-10-4-8-6-16-11(20-2-1-17)5-7(8)3-9(10)12(14,15)21(18)19/h3-6,17-19H,1-2H2. The second-order valence-electron chi connectivity index (χ2n) is 4.10. The molecular formula is C12H11BrF2NO4P. The number of fused-ring (bicyclic) bond motifs is 1. The van der Waals surface area contributed by atoms with E-state index in [2.05, 4.69) is 20.9 Å². The van der Waals surface area contributed by atoms with Crippen molar-refractivity contribution in [2.24, 2.45) is 0 Å². The van der Waals surface area contributed by atoms with Gasteiger partial charge in [-0.25, -0.2) is 4.98 Å². The first kappa shape index (κ1) is 16.5. The molecule has 0 radical (unpaired) electrons. The van der Waals surface area contributed by atoms with Gasteiger partial charge in [0.15, 0.2) is 0 Å². The average molecular weight is 382 g/mol. The maximum atomic E-state index is 13.8. The Morgan fingerprint density at radius 3 is 2.57 bits per heavy atom. The highest BCUT2D eigenvalue weighted by Crippen LogP contribution is 2.54. The number of rotatable bonds is 5. The third-order valence-corrected chi connectivity index (χ3v) is 4.10. The van der Waals surface area contributed by atoms with E-state index in [9.17, 15) is 8.78 Å². The molecule has 21 heavy (non-hydrogen) atoms. The number of benzene rings is 1. The zero-order valence-electron chi connectivity index (χ0n) is 10.5. The van der Waals surface area contributed by atoms with Gasteiger partial charge in [-0.1, -0.05) is 15.9 Å². The minimum Gasteiger partial charge on any atom is -0.475 e. The average Bonchev–Trinajstić information content (AvgIpc) is 2.44. The molecule has 0 bridgehead atoms. The number of halogens is 3. The van der Waals surface area contributed by atoms with Crippen LogP contribution in [0.15, 0.2) is 28.9 Å². The topological polar surface area (TPSA) is 82.8 Å². The monoisotopic (exact) mass is 381 g/mol. The number of hydrogen-bond donors (Lipinski definition) is 3. The Hall–Kier alpha value is -0.920. The smallest absolute Gasteiger partial charge is 0.340 e. The zero-order valence-corrected chi connectivity index (χ0v) is 13.0. The molecule has 114 valence electrons. The van der Waals surface area contributed by atoms with Gasteiger partial charge in [0.05, 0.1) is 6.61 Å². The van der Waals surface area contributed by atoms with Crippen molar-refractivity contribution in [3.05, 3.63) is 34.4 Å². The Kier molecular flexibility index (Phi) is 5.06. The highest BCUT2D eigenvalue weighted by molar-refractivity contribution is 9.10. The van der Waals surface area contributed by atoms with E-state index >= 15 is 0 Å². The van der Waals surface area contributed by atoms with Crippen molar-refractivity contribution in [2.45, 2.75) is 5.66 Å². The number of nitrogens with zero attached hydrogens (tertiary/aromatic N) is 1. The molecule has 1 heterocycles. The van der Waals surface area contributed by atoms with Crippen molar-refractivity contribution >= 4 is 35.1 Å². The molecule has 0 saturated carbocycles. The predicted molar refractivity (Wildman–Crippen MR) is 77.3 cm³/mol. The molecule has 0 amide bonds. The fourth-order valence-electron chi connectivity index (χ4n) is 1.71. The molecule has 0 aliphatic carbocycles. The third kappa shape index (κ3) is 3.46. The van der Waals surface area contributed by atoms with Crippen LogP contribution < -0.4 is 4.74 Å². The fraction of sp³-hybridized carbons (Fsp3) is 0.250.